The van der Waals surface area contributed by atoms with Crippen molar-refractivity contribution in [3.05, 3.63) is 0 Å². The van der Waals surface area contributed by atoms with E-state index in [2.05, 4.69) is 15.0 Å². The molecule has 1 aliphatic rings. The van der Waals surface area contributed by atoms with E-state index in [4.69, 9.17) is 4.74 Å². The fraction of sp³-hybridized carbons (Fsp3) is 0.846. The Bertz CT molecular complexity index is 270. The molecule has 1 atom stereocenters. The minimum atomic E-state index is -0.225. The molecule has 0 bridgehead atoms. The minimum absolute atomic E-state index is 0.00964. The van der Waals surface area contributed by atoms with E-state index in [9.17, 15) is 9.59 Å². The van der Waals surface area contributed by atoms with E-state index in [1.54, 1.807) is 7.05 Å². The lowest BCUT2D eigenvalue weighted by molar-refractivity contribution is -0.141. The van der Waals surface area contributed by atoms with Crippen LogP contribution in [0.5, 0.6) is 0 Å². The van der Waals surface area contributed by atoms with Crippen molar-refractivity contribution < 1.29 is 19.1 Å². The van der Waals surface area contributed by atoms with E-state index in [0.717, 1.165) is 26.0 Å². The Hall–Kier alpha value is -1.14. The third-order valence-electron chi connectivity index (χ3n) is 3.28. The molecule has 0 aliphatic carbocycles. The Morgan fingerprint density at radius 2 is 2.11 bits per heavy atom. The number of hydrogen-bond donors (Lipinski definition) is 1. The van der Waals surface area contributed by atoms with Gasteiger partial charge in [-0.15, -0.1) is 0 Å². The summed E-state index contributed by atoms with van der Waals surface area (Å²) in [6.45, 7) is 2.82. The Morgan fingerprint density at radius 3 is 2.68 bits per heavy atom. The molecule has 1 saturated heterocycles. The zero-order valence-electron chi connectivity index (χ0n) is 11.8. The molecular formula is C13H24N2O4. The summed E-state index contributed by atoms with van der Waals surface area (Å²) in [5, 5.41) is 2.60. The number of carbonyl (C=O) groups is 2. The number of esters is 1. The first-order chi connectivity index (χ1) is 9.15. The Balaban J connectivity index is 2.36. The lowest BCUT2D eigenvalue weighted by Gasteiger charge is -2.24. The summed E-state index contributed by atoms with van der Waals surface area (Å²) in [7, 11) is 3.01. The molecule has 6 heteroatoms. The molecule has 1 fully saturated rings. The summed E-state index contributed by atoms with van der Waals surface area (Å²) in [5.74, 6) is -0.215. The van der Waals surface area contributed by atoms with Gasteiger partial charge in [0.1, 0.15) is 0 Å². The number of hydrogen-bond acceptors (Lipinski definition) is 5. The lowest BCUT2D eigenvalue weighted by atomic mass is 10.2. The first-order valence-corrected chi connectivity index (χ1v) is 6.77. The van der Waals surface area contributed by atoms with E-state index in [1.807, 2.05) is 0 Å². The van der Waals surface area contributed by atoms with E-state index < -0.39 is 0 Å². The maximum absolute atomic E-state index is 11.3. The van der Waals surface area contributed by atoms with Gasteiger partial charge in [0.25, 0.3) is 0 Å². The first-order valence-electron chi connectivity index (χ1n) is 6.77. The topological polar surface area (TPSA) is 67.9 Å². The van der Waals surface area contributed by atoms with Crippen LogP contribution in [0.4, 0.5) is 0 Å². The minimum Gasteiger partial charge on any atom is -0.469 e. The third-order valence-corrected chi connectivity index (χ3v) is 3.28. The predicted octanol–water partition coefficient (Wildman–Crippen LogP) is 0.167. The fourth-order valence-corrected chi connectivity index (χ4v) is 2.11. The van der Waals surface area contributed by atoms with Gasteiger partial charge >= 0.3 is 5.97 Å². The van der Waals surface area contributed by atoms with Crippen LogP contribution in [0, 0.1) is 0 Å². The highest BCUT2D eigenvalue weighted by atomic mass is 16.5. The van der Waals surface area contributed by atoms with E-state index >= 15 is 0 Å². The molecule has 110 valence electrons. The molecule has 6 nitrogen and oxygen atoms in total. The SMILES string of the molecule is CNC(=O)CCN(CCC(=O)OC)CC1CCCO1. The maximum Gasteiger partial charge on any atom is 0.306 e. The Labute approximate surface area is 114 Å². The molecule has 0 spiro atoms. The van der Waals surface area contributed by atoms with Gasteiger partial charge < -0.3 is 14.8 Å². The molecule has 1 aliphatic heterocycles. The van der Waals surface area contributed by atoms with Crippen LogP contribution in [0.3, 0.4) is 0 Å². The van der Waals surface area contributed by atoms with Crippen LogP contribution in [0.2, 0.25) is 0 Å². The normalized spacial score (nSPS) is 18.6. The van der Waals surface area contributed by atoms with Crippen LogP contribution in [-0.2, 0) is 19.1 Å². The highest BCUT2D eigenvalue weighted by Crippen LogP contribution is 2.13. The molecule has 0 aromatic heterocycles. The number of rotatable bonds is 8. The summed E-state index contributed by atoms with van der Waals surface area (Å²) in [5.41, 5.74) is 0. The Kier molecular flexibility index (Phi) is 7.43. The highest BCUT2D eigenvalue weighted by Gasteiger charge is 2.20. The molecule has 1 N–H and O–H groups in total. The largest absolute Gasteiger partial charge is 0.469 e. The third kappa shape index (κ3) is 6.54. The quantitative estimate of drug-likeness (QED) is 0.638. The van der Waals surface area contributed by atoms with Crippen molar-refractivity contribution in [1.82, 2.24) is 10.2 Å². The van der Waals surface area contributed by atoms with Crippen LogP contribution in [-0.4, -0.2) is 63.3 Å². The van der Waals surface area contributed by atoms with E-state index in [-0.39, 0.29) is 18.0 Å². The number of amides is 1. The lowest BCUT2D eigenvalue weighted by Crippen LogP contribution is -2.36. The van der Waals surface area contributed by atoms with E-state index in [1.165, 1.54) is 7.11 Å². The van der Waals surface area contributed by atoms with Crippen LogP contribution >= 0.6 is 0 Å². The van der Waals surface area contributed by atoms with Crippen molar-refractivity contribution >= 4 is 11.9 Å². The molecule has 19 heavy (non-hydrogen) atoms. The highest BCUT2D eigenvalue weighted by molar-refractivity contribution is 5.75. The van der Waals surface area contributed by atoms with Crippen molar-refractivity contribution in [2.45, 2.75) is 31.8 Å². The van der Waals surface area contributed by atoms with Crippen molar-refractivity contribution in [2.75, 3.05) is 40.4 Å². The number of nitrogens with zero attached hydrogens (tertiary/aromatic N) is 1. The number of methoxy groups -OCH3 is 1. The van der Waals surface area contributed by atoms with Crippen LogP contribution in [0.1, 0.15) is 25.7 Å². The smallest absolute Gasteiger partial charge is 0.306 e. The second kappa shape index (κ2) is 8.87. The first kappa shape index (κ1) is 15.9. The second-order valence-electron chi connectivity index (χ2n) is 4.68. The predicted molar refractivity (Wildman–Crippen MR) is 70.7 cm³/mol. The van der Waals surface area contributed by atoms with E-state index in [0.29, 0.717) is 25.9 Å². The molecule has 1 heterocycles. The molecule has 1 rings (SSSR count). The molecule has 0 radical (unpaired) electrons. The van der Waals surface area contributed by atoms with Gasteiger partial charge in [-0.2, -0.15) is 0 Å². The van der Waals surface area contributed by atoms with Crippen LogP contribution in [0.15, 0.2) is 0 Å². The number of carbonyl (C=O) groups excluding carboxylic acids is 2. The van der Waals surface area contributed by atoms with Crippen LogP contribution < -0.4 is 5.32 Å². The van der Waals surface area contributed by atoms with Gasteiger partial charge in [0.05, 0.1) is 19.6 Å². The summed E-state index contributed by atoms with van der Waals surface area (Å²) in [6, 6.07) is 0. The summed E-state index contributed by atoms with van der Waals surface area (Å²) < 4.78 is 10.2. The molecule has 0 aromatic rings. The zero-order chi connectivity index (χ0) is 14.1. The van der Waals surface area contributed by atoms with Gasteiger partial charge in [0.15, 0.2) is 0 Å². The molecular weight excluding hydrogens is 248 g/mol. The van der Waals surface area contributed by atoms with Gasteiger partial charge in [0.2, 0.25) is 5.91 Å². The van der Waals surface area contributed by atoms with Crippen molar-refractivity contribution in [3.63, 3.8) is 0 Å². The van der Waals surface area contributed by atoms with Crippen LogP contribution in [0.25, 0.3) is 0 Å². The van der Waals surface area contributed by atoms with Gasteiger partial charge in [-0.05, 0) is 12.8 Å². The van der Waals surface area contributed by atoms with Gasteiger partial charge in [0, 0.05) is 39.7 Å². The molecule has 1 amide bonds. The Morgan fingerprint density at radius 1 is 1.37 bits per heavy atom. The maximum atomic E-state index is 11.3. The van der Waals surface area contributed by atoms with Gasteiger partial charge in [-0.25, -0.2) is 0 Å². The van der Waals surface area contributed by atoms with Gasteiger partial charge in [-0.1, -0.05) is 0 Å². The summed E-state index contributed by atoms with van der Waals surface area (Å²) in [6.07, 6.45) is 3.14. The fourth-order valence-electron chi connectivity index (χ4n) is 2.11. The van der Waals surface area contributed by atoms with Crippen molar-refractivity contribution in [1.29, 1.82) is 0 Å². The summed E-state index contributed by atoms with van der Waals surface area (Å²) >= 11 is 0. The number of ether oxygens (including phenoxy) is 2. The molecule has 1 unspecified atom stereocenters. The molecule has 0 saturated carbocycles. The summed E-state index contributed by atoms with van der Waals surface area (Å²) in [4.78, 5) is 24.6. The number of nitrogens with one attached hydrogen (secondary N) is 1. The second-order valence-corrected chi connectivity index (χ2v) is 4.68. The molecule has 0 aromatic carbocycles. The standard InChI is InChI=1S/C13H24N2O4/c1-14-12(16)5-7-15(8-6-13(17)18-2)10-11-4-3-9-19-11/h11H,3-10H2,1-2H3,(H,14,16). The van der Waals surface area contributed by atoms with Crippen molar-refractivity contribution in [2.24, 2.45) is 0 Å². The average Bonchev–Trinajstić information content (AvgIpc) is 2.93. The van der Waals surface area contributed by atoms with Crippen molar-refractivity contribution in [3.8, 4) is 0 Å². The zero-order valence-corrected chi connectivity index (χ0v) is 11.8. The van der Waals surface area contributed by atoms with Gasteiger partial charge in [-0.3, -0.25) is 14.5 Å². The average molecular weight is 272 g/mol. The monoisotopic (exact) mass is 272 g/mol.